The molecule has 1 aliphatic rings. The van der Waals surface area contributed by atoms with Gasteiger partial charge in [0.15, 0.2) is 0 Å². The minimum Gasteiger partial charge on any atom is -0.258 e. The van der Waals surface area contributed by atoms with E-state index in [1.54, 1.807) is 0 Å². The molecule has 0 radical (unpaired) electrons. The summed E-state index contributed by atoms with van der Waals surface area (Å²) < 4.78 is 0. The first-order chi connectivity index (χ1) is 7.74. The maximum absolute atomic E-state index is 4.57. The minimum absolute atomic E-state index is 0.778. The van der Waals surface area contributed by atoms with Gasteiger partial charge in [-0.15, -0.1) is 0 Å². The highest BCUT2D eigenvalue weighted by Gasteiger charge is 1.96. The van der Waals surface area contributed by atoms with Crippen LogP contribution in [-0.2, 0) is 16.2 Å². The predicted molar refractivity (Wildman–Crippen MR) is 62.0 cm³/mol. The summed E-state index contributed by atoms with van der Waals surface area (Å²) >= 11 is 0. The average molecular weight is 224 g/mol. The first-order valence-corrected chi connectivity index (χ1v) is 5.77. The van der Waals surface area contributed by atoms with Crippen molar-refractivity contribution < 1.29 is 9.78 Å². The van der Waals surface area contributed by atoms with E-state index in [4.69, 9.17) is 0 Å². The first kappa shape index (κ1) is 13.1. The van der Waals surface area contributed by atoms with Crippen LogP contribution in [0.4, 0.5) is 0 Å². The molecule has 0 spiro atoms. The molecule has 90 valence electrons. The molecule has 1 fully saturated rings. The van der Waals surface area contributed by atoms with E-state index in [1.165, 1.54) is 0 Å². The molecule has 2 rings (SSSR count). The lowest BCUT2D eigenvalue weighted by molar-refractivity contribution is -0.312. The lowest BCUT2D eigenvalue weighted by Crippen LogP contribution is -2.05. The summed E-state index contributed by atoms with van der Waals surface area (Å²) in [5.74, 6) is 0. The van der Waals surface area contributed by atoms with E-state index in [9.17, 15) is 0 Å². The Morgan fingerprint density at radius 3 is 2.12 bits per heavy atom. The van der Waals surface area contributed by atoms with Crippen LogP contribution in [0, 0.1) is 13.8 Å². The van der Waals surface area contributed by atoms with Crippen molar-refractivity contribution in [2.45, 2.75) is 40.0 Å². The summed E-state index contributed by atoms with van der Waals surface area (Å²) in [4.78, 5) is 17.7. The van der Waals surface area contributed by atoms with Crippen molar-refractivity contribution >= 4 is 0 Å². The van der Waals surface area contributed by atoms with E-state index in [0.717, 1.165) is 49.6 Å². The molecule has 0 unspecified atom stereocenters. The van der Waals surface area contributed by atoms with Crippen LogP contribution >= 0.6 is 0 Å². The van der Waals surface area contributed by atoms with Crippen LogP contribution in [0.3, 0.4) is 0 Å². The number of aryl methyl sites for hydroxylation is 3. The molecule has 0 atom stereocenters. The molecule has 1 aromatic rings. The average Bonchev–Trinajstić information content (AvgIpc) is 2.36. The van der Waals surface area contributed by atoms with Gasteiger partial charge in [-0.3, -0.25) is 9.97 Å². The maximum atomic E-state index is 4.57. The predicted octanol–water partition coefficient (Wildman–Crippen LogP) is 2.38. The fourth-order valence-corrected chi connectivity index (χ4v) is 1.20. The third-order valence-electron chi connectivity index (χ3n) is 2.39. The lowest BCUT2D eigenvalue weighted by atomic mass is 10.3. The van der Waals surface area contributed by atoms with Crippen molar-refractivity contribution in [2.75, 3.05) is 13.2 Å². The van der Waals surface area contributed by atoms with E-state index >= 15 is 0 Å². The van der Waals surface area contributed by atoms with Crippen LogP contribution in [0.15, 0.2) is 6.20 Å². The molecular formula is C12H20N2O2. The summed E-state index contributed by atoms with van der Waals surface area (Å²) in [5.41, 5.74) is 3.14. The van der Waals surface area contributed by atoms with Gasteiger partial charge in [-0.05, 0) is 33.1 Å². The Bertz CT molecular complexity index is 300. The van der Waals surface area contributed by atoms with Crippen LogP contribution in [0.2, 0.25) is 0 Å². The quantitative estimate of drug-likeness (QED) is 0.687. The molecule has 16 heavy (non-hydrogen) atoms. The number of hydrogen-bond donors (Lipinski definition) is 0. The van der Waals surface area contributed by atoms with E-state index < -0.39 is 0 Å². The normalized spacial score (nSPS) is 15.2. The van der Waals surface area contributed by atoms with Gasteiger partial charge in [-0.25, -0.2) is 9.78 Å². The standard InChI is InChI=1S/C8H12N2.C4H8O2/c1-4-8-5-9-6(2)7(3)10-8;1-2-4-6-5-3-1/h5H,4H2,1-3H3;1-4H2. The van der Waals surface area contributed by atoms with E-state index in [-0.39, 0.29) is 0 Å². The molecular weight excluding hydrogens is 204 g/mol. The Hall–Kier alpha value is -1.00. The number of nitrogens with zero attached hydrogens (tertiary/aromatic N) is 2. The van der Waals surface area contributed by atoms with Crippen LogP contribution in [-0.4, -0.2) is 23.2 Å². The highest BCUT2D eigenvalue weighted by atomic mass is 17.2. The summed E-state index contributed by atoms with van der Waals surface area (Å²) in [6, 6.07) is 0. The van der Waals surface area contributed by atoms with Crippen molar-refractivity contribution in [3.63, 3.8) is 0 Å². The molecule has 1 aliphatic heterocycles. The second-order valence-electron chi connectivity index (χ2n) is 3.74. The Morgan fingerprint density at radius 2 is 1.75 bits per heavy atom. The lowest BCUT2D eigenvalue weighted by Gasteiger charge is -2.07. The SMILES string of the molecule is C1CCOOC1.CCc1cnc(C)c(C)n1. The zero-order chi connectivity index (χ0) is 11.8. The van der Waals surface area contributed by atoms with Crippen molar-refractivity contribution in [1.82, 2.24) is 9.97 Å². The van der Waals surface area contributed by atoms with Gasteiger partial charge in [0.25, 0.3) is 0 Å². The van der Waals surface area contributed by atoms with Gasteiger partial charge in [0.1, 0.15) is 0 Å². The Labute approximate surface area is 96.9 Å². The van der Waals surface area contributed by atoms with Crippen molar-refractivity contribution in [3.05, 3.63) is 23.3 Å². The van der Waals surface area contributed by atoms with Gasteiger partial charge >= 0.3 is 0 Å². The molecule has 1 saturated heterocycles. The van der Waals surface area contributed by atoms with Gasteiger partial charge in [0.2, 0.25) is 0 Å². The maximum Gasteiger partial charge on any atom is 0.0823 e. The third-order valence-corrected chi connectivity index (χ3v) is 2.39. The molecule has 0 N–H and O–H groups in total. The molecule has 1 aromatic heterocycles. The van der Waals surface area contributed by atoms with E-state index in [1.807, 2.05) is 20.0 Å². The first-order valence-electron chi connectivity index (χ1n) is 5.77. The molecule has 0 bridgehead atoms. The van der Waals surface area contributed by atoms with Gasteiger partial charge < -0.3 is 0 Å². The topological polar surface area (TPSA) is 44.2 Å². The second kappa shape index (κ2) is 7.30. The van der Waals surface area contributed by atoms with Crippen LogP contribution in [0.1, 0.15) is 36.8 Å². The summed E-state index contributed by atoms with van der Waals surface area (Å²) in [6.07, 6.45) is 5.11. The fraction of sp³-hybridized carbons (Fsp3) is 0.667. The van der Waals surface area contributed by atoms with Crippen molar-refractivity contribution in [2.24, 2.45) is 0 Å². The zero-order valence-electron chi connectivity index (χ0n) is 10.3. The Balaban J connectivity index is 0.000000181. The van der Waals surface area contributed by atoms with Gasteiger partial charge in [0, 0.05) is 6.20 Å². The third kappa shape index (κ3) is 4.68. The minimum atomic E-state index is 0.778. The fourth-order valence-electron chi connectivity index (χ4n) is 1.20. The molecule has 0 aromatic carbocycles. The highest BCUT2D eigenvalue weighted by Crippen LogP contribution is 2.00. The zero-order valence-corrected chi connectivity index (χ0v) is 10.3. The summed E-state index contributed by atoms with van der Waals surface area (Å²) in [7, 11) is 0. The van der Waals surface area contributed by atoms with E-state index in [2.05, 4.69) is 26.7 Å². The number of aromatic nitrogens is 2. The smallest absolute Gasteiger partial charge is 0.0823 e. The van der Waals surface area contributed by atoms with Gasteiger partial charge in [-0.2, -0.15) is 0 Å². The number of rotatable bonds is 1. The van der Waals surface area contributed by atoms with Crippen molar-refractivity contribution in [1.29, 1.82) is 0 Å². The van der Waals surface area contributed by atoms with Crippen LogP contribution < -0.4 is 0 Å². The molecule has 0 aliphatic carbocycles. The Morgan fingerprint density at radius 1 is 1.12 bits per heavy atom. The van der Waals surface area contributed by atoms with E-state index in [0.29, 0.717) is 0 Å². The van der Waals surface area contributed by atoms with Gasteiger partial charge in [-0.1, -0.05) is 6.92 Å². The largest absolute Gasteiger partial charge is 0.258 e. The molecule has 4 heteroatoms. The summed E-state index contributed by atoms with van der Waals surface area (Å²) in [5, 5.41) is 0. The molecule has 0 amide bonds. The van der Waals surface area contributed by atoms with Crippen LogP contribution in [0.25, 0.3) is 0 Å². The van der Waals surface area contributed by atoms with Crippen molar-refractivity contribution in [3.8, 4) is 0 Å². The second-order valence-corrected chi connectivity index (χ2v) is 3.74. The molecule has 2 heterocycles. The highest BCUT2D eigenvalue weighted by molar-refractivity contribution is 5.10. The summed E-state index contributed by atoms with van der Waals surface area (Å²) in [6.45, 7) is 7.60. The molecule has 4 nitrogen and oxygen atoms in total. The monoisotopic (exact) mass is 224 g/mol. The van der Waals surface area contributed by atoms with Gasteiger partial charge in [0.05, 0.1) is 30.3 Å². The number of hydrogen-bond acceptors (Lipinski definition) is 4. The Kier molecular flexibility index (Phi) is 5.96. The molecule has 0 saturated carbocycles. The van der Waals surface area contributed by atoms with Crippen LogP contribution in [0.5, 0.6) is 0 Å².